The van der Waals surface area contributed by atoms with E-state index in [9.17, 15) is 9.59 Å². The summed E-state index contributed by atoms with van der Waals surface area (Å²) in [4.78, 5) is 35.5. The maximum absolute atomic E-state index is 12.9. The molecule has 1 N–H and O–H groups in total. The lowest BCUT2D eigenvalue weighted by Crippen LogP contribution is -2.33. The maximum Gasteiger partial charge on any atom is 0.263 e. The topological polar surface area (TPSA) is 76.9 Å². The van der Waals surface area contributed by atoms with E-state index >= 15 is 0 Å². The van der Waals surface area contributed by atoms with E-state index in [-0.39, 0.29) is 35.1 Å². The summed E-state index contributed by atoms with van der Waals surface area (Å²) in [5, 5.41) is 6.17. The SMILES string of the molecule is CC(C)Cn1c(SCC(=O)N[C@@H](c2cccs2)C(C)C)nc2ncccc2c1=O. The molecule has 3 heterocycles. The van der Waals surface area contributed by atoms with Gasteiger partial charge in [-0.2, -0.15) is 0 Å². The van der Waals surface area contributed by atoms with Crippen molar-refractivity contribution >= 4 is 40.0 Å². The predicted octanol–water partition coefficient (Wildman–Crippen LogP) is 4.11. The molecule has 8 heteroatoms. The van der Waals surface area contributed by atoms with E-state index in [1.807, 2.05) is 17.5 Å². The van der Waals surface area contributed by atoms with E-state index in [0.29, 0.717) is 22.7 Å². The van der Waals surface area contributed by atoms with E-state index in [4.69, 9.17) is 0 Å². The summed E-state index contributed by atoms with van der Waals surface area (Å²) in [6.07, 6.45) is 1.62. The summed E-state index contributed by atoms with van der Waals surface area (Å²) in [5.41, 5.74) is 0.303. The normalized spacial score (nSPS) is 12.6. The molecule has 29 heavy (non-hydrogen) atoms. The molecule has 0 unspecified atom stereocenters. The first kappa shape index (κ1) is 21.5. The number of thioether (sulfide) groups is 1. The average molecular weight is 431 g/mol. The summed E-state index contributed by atoms with van der Waals surface area (Å²) in [6.45, 7) is 8.83. The average Bonchev–Trinajstić information content (AvgIpc) is 3.21. The van der Waals surface area contributed by atoms with Gasteiger partial charge < -0.3 is 5.32 Å². The molecule has 1 atom stereocenters. The number of carbonyl (C=O) groups is 1. The third kappa shape index (κ3) is 5.25. The molecule has 154 valence electrons. The van der Waals surface area contributed by atoms with Crippen molar-refractivity contribution in [1.29, 1.82) is 0 Å². The van der Waals surface area contributed by atoms with Gasteiger partial charge in [-0.15, -0.1) is 11.3 Å². The summed E-state index contributed by atoms with van der Waals surface area (Å²) in [6, 6.07) is 7.49. The first-order valence-electron chi connectivity index (χ1n) is 9.68. The van der Waals surface area contributed by atoms with Crippen LogP contribution in [0.5, 0.6) is 0 Å². The highest BCUT2D eigenvalue weighted by Gasteiger charge is 2.20. The fraction of sp³-hybridized carbons (Fsp3) is 0.429. The molecular formula is C21H26N4O2S2. The van der Waals surface area contributed by atoms with Crippen LogP contribution in [0.1, 0.15) is 38.6 Å². The van der Waals surface area contributed by atoms with E-state index in [2.05, 4.69) is 43.0 Å². The van der Waals surface area contributed by atoms with Gasteiger partial charge in [0.25, 0.3) is 5.56 Å². The summed E-state index contributed by atoms with van der Waals surface area (Å²) in [5.74, 6) is 0.677. The molecule has 3 aromatic rings. The number of aromatic nitrogens is 3. The molecule has 0 aliphatic carbocycles. The molecule has 3 aromatic heterocycles. The molecule has 0 aliphatic heterocycles. The number of hydrogen-bond acceptors (Lipinski definition) is 6. The van der Waals surface area contributed by atoms with E-state index in [1.165, 1.54) is 11.8 Å². The number of pyridine rings is 1. The monoisotopic (exact) mass is 430 g/mol. The molecule has 0 saturated heterocycles. The Morgan fingerprint density at radius 3 is 2.69 bits per heavy atom. The number of thiophene rings is 1. The van der Waals surface area contributed by atoms with Crippen LogP contribution < -0.4 is 10.9 Å². The van der Waals surface area contributed by atoms with Gasteiger partial charge >= 0.3 is 0 Å². The molecule has 1 amide bonds. The zero-order valence-electron chi connectivity index (χ0n) is 17.1. The summed E-state index contributed by atoms with van der Waals surface area (Å²) in [7, 11) is 0. The van der Waals surface area contributed by atoms with Crippen molar-refractivity contribution in [3.8, 4) is 0 Å². The third-order valence-electron chi connectivity index (χ3n) is 4.41. The Bertz CT molecular complexity index is 1030. The van der Waals surface area contributed by atoms with E-state index in [0.717, 1.165) is 4.88 Å². The van der Waals surface area contributed by atoms with Crippen LogP contribution in [0.2, 0.25) is 0 Å². The highest BCUT2D eigenvalue weighted by atomic mass is 32.2. The van der Waals surface area contributed by atoms with Crippen LogP contribution in [0, 0.1) is 11.8 Å². The van der Waals surface area contributed by atoms with Gasteiger partial charge in [-0.1, -0.05) is 45.5 Å². The zero-order chi connectivity index (χ0) is 21.0. The van der Waals surface area contributed by atoms with Crippen molar-refractivity contribution in [2.75, 3.05) is 5.75 Å². The van der Waals surface area contributed by atoms with Crippen LogP contribution in [0.15, 0.2) is 45.8 Å². The molecule has 0 aromatic carbocycles. The Morgan fingerprint density at radius 1 is 1.24 bits per heavy atom. The smallest absolute Gasteiger partial charge is 0.263 e. The lowest BCUT2D eigenvalue weighted by molar-refractivity contribution is -0.119. The Balaban J connectivity index is 1.80. The number of carbonyl (C=O) groups excluding carboxylic acids is 1. The number of hydrogen-bond donors (Lipinski definition) is 1. The maximum atomic E-state index is 12.9. The standard InChI is InChI=1S/C21H26N4O2S2/c1-13(2)11-25-20(27)15-7-5-9-22-19(15)24-21(25)29-12-17(26)23-18(14(3)4)16-8-6-10-28-16/h5-10,13-14,18H,11-12H2,1-4H3,(H,23,26)/t18-/m1/s1. The van der Waals surface area contributed by atoms with Gasteiger partial charge in [-0.25, -0.2) is 9.97 Å². The molecule has 6 nitrogen and oxygen atoms in total. The van der Waals surface area contributed by atoms with Gasteiger partial charge in [0, 0.05) is 17.6 Å². The van der Waals surface area contributed by atoms with Crippen molar-refractivity contribution in [3.05, 3.63) is 51.1 Å². The van der Waals surface area contributed by atoms with Gasteiger partial charge in [0.1, 0.15) is 0 Å². The second-order valence-corrected chi connectivity index (χ2v) is 9.59. The Labute approximate surface area is 178 Å². The van der Waals surface area contributed by atoms with E-state index in [1.54, 1.807) is 34.2 Å². The number of fused-ring (bicyclic) bond motifs is 1. The minimum Gasteiger partial charge on any atom is -0.347 e. The van der Waals surface area contributed by atoms with Crippen molar-refractivity contribution in [1.82, 2.24) is 19.9 Å². The van der Waals surface area contributed by atoms with Gasteiger partial charge in [0.05, 0.1) is 17.2 Å². The lowest BCUT2D eigenvalue weighted by atomic mass is 10.0. The number of rotatable bonds is 8. The van der Waals surface area contributed by atoms with Crippen LogP contribution in [0.3, 0.4) is 0 Å². The highest BCUT2D eigenvalue weighted by molar-refractivity contribution is 7.99. The van der Waals surface area contributed by atoms with Crippen LogP contribution in [0.4, 0.5) is 0 Å². The van der Waals surface area contributed by atoms with Gasteiger partial charge in [-0.05, 0) is 35.4 Å². The fourth-order valence-electron chi connectivity index (χ4n) is 3.05. The van der Waals surface area contributed by atoms with E-state index < -0.39 is 0 Å². The molecule has 0 fully saturated rings. The van der Waals surface area contributed by atoms with Crippen LogP contribution in [-0.2, 0) is 11.3 Å². The lowest BCUT2D eigenvalue weighted by Gasteiger charge is -2.21. The molecule has 0 radical (unpaired) electrons. The first-order valence-corrected chi connectivity index (χ1v) is 11.5. The largest absolute Gasteiger partial charge is 0.347 e. The fourth-order valence-corrected chi connectivity index (χ4v) is 4.81. The number of nitrogens with zero attached hydrogens (tertiary/aromatic N) is 3. The van der Waals surface area contributed by atoms with Crippen molar-refractivity contribution < 1.29 is 4.79 Å². The second-order valence-electron chi connectivity index (χ2n) is 7.67. The van der Waals surface area contributed by atoms with Gasteiger partial charge in [0.15, 0.2) is 10.8 Å². The summed E-state index contributed by atoms with van der Waals surface area (Å²) < 4.78 is 1.66. The molecule has 0 aliphatic rings. The molecule has 0 saturated carbocycles. The Morgan fingerprint density at radius 2 is 2.03 bits per heavy atom. The van der Waals surface area contributed by atoms with Crippen molar-refractivity contribution in [3.63, 3.8) is 0 Å². The minimum absolute atomic E-state index is 0.0211. The Kier molecular flexibility index (Phi) is 7.08. The highest BCUT2D eigenvalue weighted by Crippen LogP contribution is 2.26. The molecular weight excluding hydrogens is 404 g/mol. The number of amides is 1. The van der Waals surface area contributed by atoms with Crippen LogP contribution >= 0.6 is 23.1 Å². The quantitative estimate of drug-likeness (QED) is 0.430. The summed E-state index contributed by atoms with van der Waals surface area (Å²) >= 11 is 2.92. The zero-order valence-corrected chi connectivity index (χ0v) is 18.7. The van der Waals surface area contributed by atoms with Crippen molar-refractivity contribution in [2.24, 2.45) is 11.8 Å². The molecule has 0 spiro atoms. The van der Waals surface area contributed by atoms with Crippen LogP contribution in [0.25, 0.3) is 11.0 Å². The molecule has 3 rings (SSSR count). The van der Waals surface area contributed by atoms with Gasteiger partial charge in [0.2, 0.25) is 5.91 Å². The van der Waals surface area contributed by atoms with Crippen molar-refractivity contribution in [2.45, 2.75) is 45.4 Å². The van der Waals surface area contributed by atoms with Gasteiger partial charge in [-0.3, -0.25) is 14.2 Å². The predicted molar refractivity (Wildman–Crippen MR) is 119 cm³/mol. The first-order chi connectivity index (χ1) is 13.9. The number of nitrogens with one attached hydrogen (secondary N) is 1. The third-order valence-corrected chi connectivity index (χ3v) is 6.34. The Hall–Kier alpha value is -2.19. The second kappa shape index (κ2) is 9.54. The van der Waals surface area contributed by atoms with Crippen LogP contribution in [-0.4, -0.2) is 26.2 Å². The minimum atomic E-state index is -0.113. The molecule has 0 bridgehead atoms.